The number of anilines is 3. The Morgan fingerprint density at radius 3 is 2.63 bits per heavy atom. The van der Waals surface area contributed by atoms with Crippen molar-refractivity contribution in [2.45, 2.75) is 19.9 Å². The number of hydrogen-bond acceptors (Lipinski definition) is 8. The molecule has 0 spiro atoms. The summed E-state index contributed by atoms with van der Waals surface area (Å²) in [6, 6.07) is 17.5. The van der Waals surface area contributed by atoms with Gasteiger partial charge in [0.25, 0.3) is 11.5 Å². The zero-order valence-corrected chi connectivity index (χ0v) is 21.0. The van der Waals surface area contributed by atoms with Crippen LogP contribution in [0.3, 0.4) is 0 Å². The standard InChI is InChI=1S/C27H26N8O3/c1-16-12-13-34-22(16)27(37)35(19-9-5-4-6-10-19)25(33-34)17(2)31-24-21(23(28)29-15-30-24)26(36)32-18-8-7-11-20(14-18)38-3/h4-15,17H,1-3H3,(H,32,36)(H3,28,29,30,31). The summed E-state index contributed by atoms with van der Waals surface area (Å²) in [6.45, 7) is 3.69. The maximum Gasteiger partial charge on any atom is 0.282 e. The number of nitrogens with zero attached hydrogens (tertiary/aromatic N) is 5. The number of nitrogen functional groups attached to an aromatic ring is 1. The first-order valence-electron chi connectivity index (χ1n) is 11.9. The maximum absolute atomic E-state index is 13.6. The lowest BCUT2D eigenvalue weighted by Crippen LogP contribution is -2.30. The molecule has 3 aromatic heterocycles. The van der Waals surface area contributed by atoms with Crippen LogP contribution < -0.4 is 26.7 Å². The number of nitrogens with one attached hydrogen (secondary N) is 2. The highest BCUT2D eigenvalue weighted by Gasteiger charge is 2.24. The lowest BCUT2D eigenvalue weighted by atomic mass is 10.2. The minimum atomic E-state index is -0.562. The van der Waals surface area contributed by atoms with E-state index in [1.54, 1.807) is 46.7 Å². The number of aromatic nitrogens is 5. The summed E-state index contributed by atoms with van der Waals surface area (Å²) in [7, 11) is 1.54. The van der Waals surface area contributed by atoms with Crippen LogP contribution in [0.1, 0.15) is 34.7 Å². The van der Waals surface area contributed by atoms with Crippen LogP contribution >= 0.6 is 0 Å². The molecule has 0 aliphatic rings. The number of rotatable bonds is 7. The summed E-state index contributed by atoms with van der Waals surface area (Å²) in [5.41, 5.74) is 8.45. The number of benzene rings is 2. The van der Waals surface area contributed by atoms with Gasteiger partial charge in [-0.05, 0) is 49.7 Å². The molecule has 38 heavy (non-hydrogen) atoms. The Balaban J connectivity index is 1.55. The van der Waals surface area contributed by atoms with Gasteiger partial charge in [-0.3, -0.25) is 14.2 Å². The number of carbonyl (C=O) groups is 1. The second-order valence-corrected chi connectivity index (χ2v) is 8.66. The highest BCUT2D eigenvalue weighted by atomic mass is 16.5. The van der Waals surface area contributed by atoms with E-state index in [2.05, 4.69) is 20.6 Å². The Morgan fingerprint density at radius 1 is 1.08 bits per heavy atom. The second kappa shape index (κ2) is 10.1. The zero-order valence-electron chi connectivity index (χ0n) is 21.0. The van der Waals surface area contributed by atoms with Crippen molar-refractivity contribution in [2.75, 3.05) is 23.5 Å². The summed E-state index contributed by atoms with van der Waals surface area (Å²) in [5.74, 6) is 0.701. The fraction of sp³-hybridized carbons (Fsp3) is 0.148. The molecule has 0 aliphatic carbocycles. The highest BCUT2D eigenvalue weighted by molar-refractivity contribution is 6.10. The average molecular weight is 511 g/mol. The van der Waals surface area contributed by atoms with E-state index in [1.165, 1.54) is 6.33 Å². The van der Waals surface area contributed by atoms with Crippen molar-refractivity contribution in [3.8, 4) is 11.4 Å². The number of fused-ring (bicyclic) bond motifs is 1. The van der Waals surface area contributed by atoms with E-state index in [0.29, 0.717) is 28.5 Å². The van der Waals surface area contributed by atoms with Gasteiger partial charge in [0.1, 0.15) is 34.8 Å². The number of methoxy groups -OCH3 is 1. The molecule has 0 bridgehead atoms. The molecular formula is C27H26N8O3. The van der Waals surface area contributed by atoms with E-state index in [1.807, 2.05) is 50.2 Å². The minimum absolute atomic E-state index is 0.00000781. The number of nitrogens with two attached hydrogens (primary N) is 1. The summed E-state index contributed by atoms with van der Waals surface area (Å²) in [4.78, 5) is 35.2. The van der Waals surface area contributed by atoms with Gasteiger partial charge >= 0.3 is 0 Å². The summed E-state index contributed by atoms with van der Waals surface area (Å²) >= 11 is 0. The Hall–Kier alpha value is -5.19. The first-order valence-corrected chi connectivity index (χ1v) is 11.9. The van der Waals surface area contributed by atoms with Crippen LogP contribution in [0.2, 0.25) is 0 Å². The largest absolute Gasteiger partial charge is 0.497 e. The molecule has 0 fully saturated rings. The van der Waals surface area contributed by atoms with Crippen molar-refractivity contribution in [1.82, 2.24) is 24.1 Å². The molecule has 0 saturated carbocycles. The Morgan fingerprint density at radius 2 is 1.87 bits per heavy atom. The molecule has 1 atom stereocenters. The Bertz CT molecular complexity index is 1690. The lowest BCUT2D eigenvalue weighted by molar-refractivity contribution is 0.102. The summed E-state index contributed by atoms with van der Waals surface area (Å²) in [6.07, 6.45) is 3.01. The molecule has 11 nitrogen and oxygen atoms in total. The van der Waals surface area contributed by atoms with Crippen molar-refractivity contribution in [1.29, 1.82) is 0 Å². The third-order valence-corrected chi connectivity index (χ3v) is 6.10. The zero-order chi connectivity index (χ0) is 26.8. The number of carbonyl (C=O) groups excluding carboxylic acids is 1. The molecule has 1 unspecified atom stereocenters. The molecule has 192 valence electrons. The van der Waals surface area contributed by atoms with Crippen LogP contribution in [0.25, 0.3) is 11.2 Å². The molecule has 0 aliphatic heterocycles. The Kier molecular flexibility index (Phi) is 6.48. The summed E-state index contributed by atoms with van der Waals surface area (Å²) in [5, 5.41) is 10.8. The molecule has 5 rings (SSSR count). The fourth-order valence-electron chi connectivity index (χ4n) is 4.23. The number of amides is 1. The fourth-order valence-corrected chi connectivity index (χ4v) is 4.23. The number of ether oxygens (including phenoxy) is 1. The number of para-hydroxylation sites is 1. The van der Waals surface area contributed by atoms with Crippen molar-refractivity contribution >= 4 is 28.7 Å². The molecular weight excluding hydrogens is 484 g/mol. The SMILES string of the molecule is COc1cccc(NC(=O)c2c(N)ncnc2NC(C)c2nn3ccc(C)c3c(=O)n2-c2ccccc2)c1. The van der Waals surface area contributed by atoms with E-state index in [-0.39, 0.29) is 22.8 Å². The van der Waals surface area contributed by atoms with Crippen LogP contribution in [-0.2, 0) is 0 Å². The van der Waals surface area contributed by atoms with Gasteiger partial charge in [-0.1, -0.05) is 24.3 Å². The van der Waals surface area contributed by atoms with Crippen molar-refractivity contribution in [3.05, 3.63) is 100 Å². The van der Waals surface area contributed by atoms with E-state index in [0.717, 1.165) is 5.56 Å². The van der Waals surface area contributed by atoms with Gasteiger partial charge in [0.05, 0.1) is 18.8 Å². The second-order valence-electron chi connectivity index (χ2n) is 8.66. The van der Waals surface area contributed by atoms with Crippen LogP contribution in [0.15, 0.2) is 78.0 Å². The van der Waals surface area contributed by atoms with Crippen molar-refractivity contribution in [2.24, 2.45) is 0 Å². The van der Waals surface area contributed by atoms with Crippen LogP contribution in [0, 0.1) is 6.92 Å². The predicted octanol–water partition coefficient (Wildman–Crippen LogP) is 3.60. The Labute approximate surface area is 217 Å². The minimum Gasteiger partial charge on any atom is -0.497 e. The van der Waals surface area contributed by atoms with Crippen molar-refractivity contribution < 1.29 is 9.53 Å². The molecule has 3 heterocycles. The molecule has 1 amide bonds. The molecule has 0 saturated heterocycles. The van der Waals surface area contributed by atoms with Crippen LogP contribution in [-0.4, -0.2) is 37.2 Å². The predicted molar refractivity (Wildman–Crippen MR) is 145 cm³/mol. The van der Waals surface area contributed by atoms with Gasteiger partial charge in [-0.2, -0.15) is 5.10 Å². The average Bonchev–Trinajstić information content (AvgIpc) is 3.29. The quantitative estimate of drug-likeness (QED) is 0.302. The molecule has 5 aromatic rings. The maximum atomic E-state index is 13.6. The smallest absolute Gasteiger partial charge is 0.282 e. The number of hydrogen-bond donors (Lipinski definition) is 3. The van der Waals surface area contributed by atoms with Gasteiger partial charge in [0.2, 0.25) is 0 Å². The van der Waals surface area contributed by atoms with Gasteiger partial charge < -0.3 is 21.1 Å². The molecule has 11 heteroatoms. The van der Waals surface area contributed by atoms with E-state index >= 15 is 0 Å². The van der Waals surface area contributed by atoms with Gasteiger partial charge in [0.15, 0.2) is 5.82 Å². The first-order chi connectivity index (χ1) is 18.4. The third kappa shape index (κ3) is 4.52. The summed E-state index contributed by atoms with van der Waals surface area (Å²) < 4.78 is 8.35. The lowest BCUT2D eigenvalue weighted by Gasteiger charge is -2.21. The molecule has 0 radical (unpaired) electrons. The van der Waals surface area contributed by atoms with E-state index in [4.69, 9.17) is 15.6 Å². The van der Waals surface area contributed by atoms with E-state index in [9.17, 15) is 9.59 Å². The first kappa shape index (κ1) is 24.5. The van der Waals surface area contributed by atoms with Crippen molar-refractivity contribution in [3.63, 3.8) is 0 Å². The topological polar surface area (TPSA) is 141 Å². The number of aryl methyl sites for hydroxylation is 1. The van der Waals surface area contributed by atoms with Crippen LogP contribution in [0.4, 0.5) is 17.3 Å². The highest BCUT2D eigenvalue weighted by Crippen LogP contribution is 2.25. The molecule has 4 N–H and O–H groups in total. The van der Waals surface area contributed by atoms with Gasteiger partial charge in [-0.25, -0.2) is 14.5 Å². The van der Waals surface area contributed by atoms with Gasteiger partial charge in [-0.15, -0.1) is 0 Å². The van der Waals surface area contributed by atoms with Crippen LogP contribution in [0.5, 0.6) is 5.75 Å². The van der Waals surface area contributed by atoms with E-state index < -0.39 is 11.9 Å². The van der Waals surface area contributed by atoms with Gasteiger partial charge in [0, 0.05) is 18.0 Å². The normalized spacial score (nSPS) is 11.8. The third-order valence-electron chi connectivity index (χ3n) is 6.10. The monoisotopic (exact) mass is 510 g/mol. The molecule has 2 aromatic carbocycles.